The van der Waals surface area contributed by atoms with E-state index in [0.29, 0.717) is 0 Å². The predicted molar refractivity (Wildman–Crippen MR) is 12.8 cm³/mol. The third-order valence-electron chi connectivity index (χ3n) is 0. The molecule has 0 N–H and O–H groups in total. The van der Waals surface area contributed by atoms with E-state index in [-0.39, 0.29) is 52.4 Å². The smallest absolute Gasteiger partial charge is 0.0832 e. The minimum atomic E-state index is 0. The van der Waals surface area contributed by atoms with Crippen LogP contribution in [0.5, 0.6) is 0 Å². The van der Waals surface area contributed by atoms with Crippen molar-refractivity contribution in [2.45, 2.75) is 0 Å². The molecule has 0 radical (unpaired) electrons. The molecule has 0 aliphatic rings. The number of hydrogen-bond donors (Lipinski definition) is 0. The van der Waals surface area contributed by atoms with Gasteiger partial charge in [-0.15, -0.1) is 0 Å². The van der Waals surface area contributed by atoms with Gasteiger partial charge in [0.2, 0.25) is 0 Å². The molecule has 5 heavy (non-hydrogen) atoms. The van der Waals surface area contributed by atoms with Crippen LogP contribution in [-0.4, -0.2) is 0 Å². The predicted octanol–water partition coefficient (Wildman–Crippen LogP) is 1.31. The minimum Gasteiger partial charge on any atom is -0.166 e. The van der Waals surface area contributed by atoms with Crippen LogP contribution in [0.2, 0.25) is 0 Å². The Labute approximate surface area is 78.9 Å². The minimum absolute atomic E-state index is 0. The van der Waals surface area contributed by atoms with E-state index in [0.717, 1.165) is 0 Å². The summed E-state index contributed by atoms with van der Waals surface area (Å²) >= 11 is 8.53. The first-order chi connectivity index (χ1) is 1.41. The normalized spacial score (nSPS) is 3.60. The molecule has 0 aromatic carbocycles. The third-order valence-corrected chi connectivity index (χ3v) is 0. The van der Waals surface area contributed by atoms with Crippen LogP contribution in [0.3, 0.4) is 0 Å². The van der Waals surface area contributed by atoms with E-state index >= 15 is 0 Å². The van der Waals surface area contributed by atoms with Gasteiger partial charge in [0, 0.05) is 52.4 Å². The molecule has 0 amide bonds. The van der Waals surface area contributed by atoms with Gasteiger partial charge in [0.25, 0.3) is 0 Å². The molecule has 0 bridgehead atoms. The van der Waals surface area contributed by atoms with Crippen molar-refractivity contribution in [1.82, 2.24) is 0 Å². The van der Waals surface area contributed by atoms with Gasteiger partial charge < -0.3 is 0 Å². The summed E-state index contributed by atoms with van der Waals surface area (Å²) in [6, 6.07) is 0. The summed E-state index contributed by atoms with van der Waals surface area (Å²) in [7, 11) is 0. The topological polar surface area (TPSA) is 9.23 Å². The van der Waals surface area contributed by atoms with Crippen molar-refractivity contribution in [2.75, 3.05) is 0 Å². The molecular formula is Cl2OZr2. The van der Waals surface area contributed by atoms with Crippen molar-refractivity contribution in [2.24, 2.45) is 0 Å². The maximum absolute atomic E-state index is 4.26. The van der Waals surface area contributed by atoms with E-state index in [1.807, 2.05) is 0 Å². The second-order valence-corrected chi connectivity index (χ2v) is 0.525. The third kappa shape index (κ3) is 22.0. The molecule has 0 aliphatic carbocycles. The average molecular weight is 269 g/mol. The number of halogens is 2. The molecule has 0 aromatic rings. The van der Waals surface area contributed by atoms with E-state index in [4.69, 9.17) is 0 Å². The van der Waals surface area contributed by atoms with Crippen LogP contribution in [0.1, 0.15) is 0 Å². The van der Waals surface area contributed by atoms with Crippen molar-refractivity contribution < 1.29 is 56.2 Å². The van der Waals surface area contributed by atoms with Gasteiger partial charge >= 0.3 is 0 Å². The Morgan fingerprint density at radius 1 is 1.00 bits per heavy atom. The van der Waals surface area contributed by atoms with E-state index in [2.05, 4.69) is 27.6 Å². The molecule has 0 saturated carbocycles. The van der Waals surface area contributed by atoms with Crippen molar-refractivity contribution >= 4 is 23.7 Å². The van der Waals surface area contributed by atoms with Gasteiger partial charge in [0.15, 0.2) is 0 Å². The summed E-state index contributed by atoms with van der Waals surface area (Å²) in [5.41, 5.74) is 0. The van der Waals surface area contributed by atoms with Gasteiger partial charge in [-0.2, -0.15) is 3.84 Å². The summed E-state index contributed by atoms with van der Waals surface area (Å²) in [5.74, 6) is 0. The molecule has 28 valence electrons. The van der Waals surface area contributed by atoms with Crippen LogP contribution >= 0.6 is 23.7 Å². The monoisotopic (exact) mass is 266 g/mol. The summed E-state index contributed by atoms with van der Waals surface area (Å²) < 4.78 is 3.19. The van der Waals surface area contributed by atoms with Crippen LogP contribution in [-0.2, 0) is 56.2 Å². The van der Waals surface area contributed by atoms with Crippen molar-refractivity contribution in [3.8, 4) is 0 Å². The van der Waals surface area contributed by atoms with Crippen molar-refractivity contribution in [3.63, 3.8) is 0 Å². The molecule has 0 unspecified atom stereocenters. The van der Waals surface area contributed by atoms with Gasteiger partial charge in [-0.05, 0) is 0 Å². The van der Waals surface area contributed by atoms with E-state index in [9.17, 15) is 0 Å². The first kappa shape index (κ1) is 15.7. The first-order valence-corrected chi connectivity index (χ1v) is 0.926. The van der Waals surface area contributed by atoms with Gasteiger partial charge in [-0.1, -0.05) is 0 Å². The van der Waals surface area contributed by atoms with E-state index in [1.165, 1.54) is 0 Å². The van der Waals surface area contributed by atoms with E-state index in [1.54, 1.807) is 0 Å². The van der Waals surface area contributed by atoms with Gasteiger partial charge in [0.05, 0.1) is 23.7 Å². The molecule has 0 saturated heterocycles. The zero-order valence-electron chi connectivity index (χ0n) is 2.16. The van der Waals surface area contributed by atoms with Crippen LogP contribution in [0.15, 0.2) is 0 Å². The number of rotatable bonds is 0. The van der Waals surface area contributed by atoms with Crippen LogP contribution in [0, 0.1) is 0 Å². The maximum Gasteiger partial charge on any atom is 0.0832 e. The summed E-state index contributed by atoms with van der Waals surface area (Å²) in [4.78, 5) is 0. The molecule has 1 nitrogen and oxygen atoms in total. The quantitative estimate of drug-likeness (QED) is 0.644. The zero-order valence-corrected chi connectivity index (χ0v) is 8.59. The van der Waals surface area contributed by atoms with E-state index < -0.39 is 0 Å². The van der Waals surface area contributed by atoms with Crippen LogP contribution < -0.4 is 0 Å². The summed E-state index contributed by atoms with van der Waals surface area (Å²) in [6.45, 7) is 0. The number of hydrogen-bond acceptors (Lipinski definition) is 1. The summed E-state index contributed by atoms with van der Waals surface area (Å²) in [6.07, 6.45) is 0. The van der Waals surface area contributed by atoms with Crippen molar-refractivity contribution in [3.05, 3.63) is 0 Å². The first-order valence-electron chi connectivity index (χ1n) is 0.309. The standard InChI is InChI=1S/Cl2O.2Zr/c1-3-2;;. The Balaban J connectivity index is -0.0000000200. The molecule has 0 heterocycles. The molecule has 0 aromatic heterocycles. The summed E-state index contributed by atoms with van der Waals surface area (Å²) in [5, 5.41) is 0. The van der Waals surface area contributed by atoms with Gasteiger partial charge in [-0.25, -0.2) is 0 Å². The Morgan fingerprint density at radius 2 is 1.00 bits per heavy atom. The molecule has 0 spiro atoms. The molecule has 5 heteroatoms. The second-order valence-electron chi connectivity index (χ2n) is 0.0583. The molecular weight excluding hydrogens is 269 g/mol. The Bertz CT molecular complexity index is 7.61. The fourth-order valence-corrected chi connectivity index (χ4v) is 0. The molecule has 0 aliphatic heterocycles. The second kappa shape index (κ2) is 16.2. The SMILES string of the molecule is ClOCl.[Zr].[Zr]. The Kier molecular flexibility index (Phi) is 50.9. The Morgan fingerprint density at radius 3 is 1.00 bits per heavy atom. The Hall–Kier alpha value is 2.31. The molecule has 0 fully saturated rings. The molecule has 0 atom stereocenters. The zero-order chi connectivity index (χ0) is 2.71. The van der Waals surface area contributed by atoms with Crippen molar-refractivity contribution in [1.29, 1.82) is 0 Å². The van der Waals surface area contributed by atoms with Crippen LogP contribution in [0.25, 0.3) is 0 Å². The van der Waals surface area contributed by atoms with Crippen LogP contribution in [0.4, 0.5) is 0 Å². The maximum atomic E-state index is 4.26. The fourth-order valence-electron chi connectivity index (χ4n) is 0. The van der Waals surface area contributed by atoms with Gasteiger partial charge in [0.1, 0.15) is 0 Å². The largest absolute Gasteiger partial charge is 0.166 e. The average Bonchev–Trinajstić information content (AvgIpc) is 0.918. The molecule has 0 rings (SSSR count). The van der Waals surface area contributed by atoms with Gasteiger partial charge in [-0.3, -0.25) is 0 Å². The fraction of sp³-hybridized carbons (Fsp3) is 0.